The fourth-order valence-electron chi connectivity index (χ4n) is 3.87. The van der Waals surface area contributed by atoms with E-state index >= 15 is 0 Å². The second-order valence-electron chi connectivity index (χ2n) is 7.52. The molecular weight excluding hydrogens is 529 g/mol. The minimum atomic E-state index is -1.73. The van der Waals surface area contributed by atoms with Crippen LogP contribution in [0.1, 0.15) is 23.6 Å². The van der Waals surface area contributed by atoms with Gasteiger partial charge in [0.2, 0.25) is 0 Å². The average Bonchev–Trinajstić information content (AvgIpc) is 2.81. The monoisotopic (exact) mass is 550 g/mol. The van der Waals surface area contributed by atoms with Gasteiger partial charge in [0.05, 0.1) is 25.2 Å². The number of carbonyl (C=O) groups excluding carboxylic acids is 1. The molecule has 0 aromatic heterocycles. The highest BCUT2D eigenvalue weighted by molar-refractivity contribution is 14.1. The van der Waals surface area contributed by atoms with Crippen LogP contribution in [0.3, 0.4) is 0 Å². The van der Waals surface area contributed by atoms with E-state index in [0.29, 0.717) is 5.56 Å². The second-order valence-corrected chi connectivity index (χ2v) is 8.76. The lowest BCUT2D eigenvalue weighted by Gasteiger charge is -2.45. The number of hydrogen-bond acceptors (Lipinski definition) is 4. The Morgan fingerprint density at radius 2 is 1.28 bits per heavy atom. The molecule has 1 fully saturated rings. The van der Waals surface area contributed by atoms with Gasteiger partial charge in [-0.3, -0.25) is 0 Å². The van der Waals surface area contributed by atoms with Crippen LogP contribution in [0.4, 0.5) is 8.78 Å². The summed E-state index contributed by atoms with van der Waals surface area (Å²) in [6.45, 7) is 1.95. The lowest BCUT2D eigenvalue weighted by molar-refractivity contribution is -0.290. The van der Waals surface area contributed by atoms with Crippen LogP contribution in [0.15, 0.2) is 72.8 Å². The van der Waals surface area contributed by atoms with E-state index in [1.807, 2.05) is 12.1 Å². The molecule has 1 heterocycles. The predicted molar refractivity (Wildman–Crippen MR) is 123 cm³/mol. The van der Waals surface area contributed by atoms with Crippen molar-refractivity contribution in [2.45, 2.75) is 18.1 Å². The molecule has 32 heavy (non-hydrogen) atoms. The first-order valence-corrected chi connectivity index (χ1v) is 11.2. The number of ether oxygens (including phenoxy) is 3. The van der Waals surface area contributed by atoms with Crippen molar-refractivity contribution in [1.82, 2.24) is 0 Å². The molecule has 4 nitrogen and oxygen atoms in total. The predicted octanol–water partition coefficient (Wildman–Crippen LogP) is 5.32. The summed E-state index contributed by atoms with van der Waals surface area (Å²) in [5.74, 6) is -3.13. The first-order chi connectivity index (χ1) is 15.4. The van der Waals surface area contributed by atoms with Crippen molar-refractivity contribution in [3.63, 3.8) is 0 Å². The Balaban J connectivity index is 1.77. The van der Waals surface area contributed by atoms with Gasteiger partial charge in [0, 0.05) is 9.13 Å². The van der Waals surface area contributed by atoms with Crippen LogP contribution in [0, 0.1) is 15.2 Å². The van der Waals surface area contributed by atoms with Crippen molar-refractivity contribution >= 4 is 28.6 Å². The molecule has 0 unspecified atom stereocenters. The van der Waals surface area contributed by atoms with Crippen molar-refractivity contribution in [3.05, 3.63) is 105 Å². The molecule has 0 atom stereocenters. The minimum Gasteiger partial charge on any atom is -0.462 e. The summed E-state index contributed by atoms with van der Waals surface area (Å²) in [5, 5.41) is 0. The van der Waals surface area contributed by atoms with Gasteiger partial charge in [-0.1, -0.05) is 36.4 Å². The molecular formula is C25H21F2IO4. The molecule has 0 amide bonds. The van der Waals surface area contributed by atoms with Gasteiger partial charge in [0.15, 0.2) is 0 Å². The number of hydrogen-bond donors (Lipinski definition) is 0. The highest BCUT2D eigenvalue weighted by Gasteiger charge is 2.53. The van der Waals surface area contributed by atoms with E-state index in [4.69, 9.17) is 14.2 Å². The van der Waals surface area contributed by atoms with Gasteiger partial charge in [0.25, 0.3) is 5.79 Å². The van der Waals surface area contributed by atoms with Gasteiger partial charge in [-0.25, -0.2) is 13.6 Å². The van der Waals surface area contributed by atoms with Crippen LogP contribution in [-0.4, -0.2) is 25.8 Å². The molecule has 7 heteroatoms. The largest absolute Gasteiger partial charge is 0.462 e. The maximum absolute atomic E-state index is 13.6. The standard InChI is InChI=1S/C25H21F2IO4/c1-2-30-23(29)25(19-7-13-22(28)14-8-19)31-15-24(16-32-25,17-3-9-20(26)10-4-17)18-5-11-21(27)12-6-18/h3-14H,2,15-16H2,1H3. The van der Waals surface area contributed by atoms with E-state index < -0.39 is 17.2 Å². The summed E-state index contributed by atoms with van der Waals surface area (Å²) in [6, 6.07) is 19.2. The molecule has 1 aliphatic heterocycles. The summed E-state index contributed by atoms with van der Waals surface area (Å²) in [4.78, 5) is 13.0. The zero-order valence-electron chi connectivity index (χ0n) is 17.3. The minimum absolute atomic E-state index is 0.0368. The molecule has 0 radical (unpaired) electrons. The third kappa shape index (κ3) is 4.16. The SMILES string of the molecule is CCOC(=O)C1(c2ccc(I)cc2)OCC(c2ccc(F)cc2)(c2ccc(F)cc2)CO1. The topological polar surface area (TPSA) is 44.8 Å². The van der Waals surface area contributed by atoms with Crippen molar-refractivity contribution in [3.8, 4) is 0 Å². The van der Waals surface area contributed by atoms with Crippen LogP contribution in [0.2, 0.25) is 0 Å². The number of esters is 1. The smallest absolute Gasteiger partial charge is 0.372 e. The first-order valence-electron chi connectivity index (χ1n) is 10.1. The quantitative estimate of drug-likeness (QED) is 0.319. The highest BCUT2D eigenvalue weighted by atomic mass is 127. The van der Waals surface area contributed by atoms with Gasteiger partial charge in [0.1, 0.15) is 11.6 Å². The van der Waals surface area contributed by atoms with Crippen LogP contribution in [0.5, 0.6) is 0 Å². The van der Waals surface area contributed by atoms with Gasteiger partial charge in [-0.05, 0) is 77.0 Å². The van der Waals surface area contributed by atoms with E-state index in [2.05, 4.69) is 22.6 Å². The number of carbonyl (C=O) groups is 1. The molecule has 0 aliphatic carbocycles. The molecule has 3 aromatic rings. The Morgan fingerprint density at radius 1 is 0.844 bits per heavy atom. The van der Waals surface area contributed by atoms with Gasteiger partial charge in [-0.15, -0.1) is 0 Å². The van der Waals surface area contributed by atoms with Crippen LogP contribution in [-0.2, 0) is 30.2 Å². The fourth-order valence-corrected chi connectivity index (χ4v) is 4.23. The molecule has 3 aromatic carbocycles. The zero-order valence-corrected chi connectivity index (χ0v) is 19.5. The lowest BCUT2D eigenvalue weighted by atomic mass is 9.75. The third-order valence-corrected chi connectivity index (χ3v) is 6.32. The fraction of sp³-hybridized carbons (Fsp3) is 0.240. The van der Waals surface area contributed by atoms with Crippen molar-refractivity contribution < 1.29 is 27.8 Å². The van der Waals surface area contributed by atoms with E-state index in [-0.39, 0.29) is 31.5 Å². The molecule has 0 N–H and O–H groups in total. The lowest BCUT2D eigenvalue weighted by Crippen LogP contribution is -2.55. The summed E-state index contributed by atoms with van der Waals surface area (Å²) >= 11 is 2.17. The summed E-state index contributed by atoms with van der Waals surface area (Å²) < 4.78 is 45.9. The first kappa shape index (κ1) is 22.8. The zero-order chi connectivity index (χ0) is 22.8. The molecule has 1 saturated heterocycles. The Bertz CT molecular complexity index is 1030. The van der Waals surface area contributed by atoms with Gasteiger partial charge >= 0.3 is 5.97 Å². The molecule has 0 bridgehead atoms. The molecule has 0 spiro atoms. The number of halogens is 3. The van der Waals surface area contributed by atoms with E-state index in [1.54, 1.807) is 43.3 Å². The Kier molecular flexibility index (Phi) is 6.60. The second kappa shape index (κ2) is 9.25. The number of benzene rings is 3. The Labute approximate surface area is 198 Å². The van der Waals surface area contributed by atoms with Crippen molar-refractivity contribution in [1.29, 1.82) is 0 Å². The van der Waals surface area contributed by atoms with E-state index in [1.165, 1.54) is 24.3 Å². The normalized spacial score (nSPS) is 17.0. The summed E-state index contributed by atoms with van der Waals surface area (Å²) in [6.07, 6.45) is 0. The molecule has 1 aliphatic rings. The van der Waals surface area contributed by atoms with Crippen LogP contribution >= 0.6 is 22.6 Å². The molecule has 0 saturated carbocycles. The van der Waals surface area contributed by atoms with Crippen molar-refractivity contribution in [2.75, 3.05) is 19.8 Å². The Hall–Kier alpha value is -2.36. The highest BCUT2D eigenvalue weighted by Crippen LogP contribution is 2.43. The van der Waals surface area contributed by atoms with Crippen LogP contribution < -0.4 is 0 Å². The Morgan fingerprint density at radius 3 is 1.72 bits per heavy atom. The van der Waals surface area contributed by atoms with E-state index in [9.17, 15) is 13.6 Å². The van der Waals surface area contributed by atoms with E-state index in [0.717, 1.165) is 14.7 Å². The van der Waals surface area contributed by atoms with Gasteiger partial charge in [-0.2, -0.15) is 0 Å². The molecule has 166 valence electrons. The maximum Gasteiger partial charge on any atom is 0.372 e. The average molecular weight is 550 g/mol. The summed E-state index contributed by atoms with van der Waals surface area (Å²) in [7, 11) is 0. The van der Waals surface area contributed by atoms with Gasteiger partial charge < -0.3 is 14.2 Å². The maximum atomic E-state index is 13.6. The number of rotatable bonds is 5. The van der Waals surface area contributed by atoms with Crippen molar-refractivity contribution in [2.24, 2.45) is 0 Å². The van der Waals surface area contributed by atoms with Crippen LogP contribution in [0.25, 0.3) is 0 Å². The molecule has 4 rings (SSSR count). The third-order valence-electron chi connectivity index (χ3n) is 5.61. The summed E-state index contributed by atoms with van der Waals surface area (Å²) in [5.41, 5.74) is 1.10.